The van der Waals surface area contributed by atoms with Crippen LogP contribution in [0.3, 0.4) is 0 Å². The van der Waals surface area contributed by atoms with Gasteiger partial charge in [0.05, 0.1) is 22.6 Å². The molecule has 0 bridgehead atoms. The zero-order valence-electron chi connectivity index (χ0n) is 14.9. The van der Waals surface area contributed by atoms with E-state index in [0.717, 1.165) is 30.3 Å². The van der Waals surface area contributed by atoms with Crippen LogP contribution in [0.4, 0.5) is 18.9 Å². The molecule has 2 aromatic rings. The predicted molar refractivity (Wildman–Crippen MR) is 98.6 cm³/mol. The van der Waals surface area contributed by atoms with Gasteiger partial charge in [-0.3, -0.25) is 9.69 Å². The maximum Gasteiger partial charge on any atom is 0.408 e. The van der Waals surface area contributed by atoms with Gasteiger partial charge in [-0.1, -0.05) is 11.6 Å². The number of halogens is 4. The Bertz CT molecular complexity index is 874. The molecule has 2 aromatic heterocycles. The van der Waals surface area contributed by atoms with Crippen molar-refractivity contribution in [3.63, 3.8) is 0 Å². The number of hydrogen-bond acceptors (Lipinski definition) is 6. The van der Waals surface area contributed by atoms with E-state index in [0.29, 0.717) is 23.5 Å². The van der Waals surface area contributed by atoms with E-state index in [9.17, 15) is 18.0 Å². The first-order chi connectivity index (χ1) is 12.6. The van der Waals surface area contributed by atoms with Crippen molar-refractivity contribution < 1.29 is 13.2 Å². The minimum atomic E-state index is -4.53. The average molecular weight is 422 g/mol. The smallest absolute Gasteiger partial charge is 0.366 e. The SMILES string of the molecule is Cc1nc(C)c(CN2CCN(c3cnn(CC(F)(F)F)c(=O)c3Cl)CC2)s1. The van der Waals surface area contributed by atoms with Gasteiger partial charge in [-0.25, -0.2) is 9.67 Å². The molecule has 0 aromatic carbocycles. The van der Waals surface area contributed by atoms with Crippen molar-refractivity contribution in [2.75, 3.05) is 31.1 Å². The van der Waals surface area contributed by atoms with Crippen molar-refractivity contribution in [3.05, 3.63) is 37.2 Å². The first-order valence-corrected chi connectivity index (χ1v) is 9.56. The highest BCUT2D eigenvalue weighted by atomic mass is 35.5. The Morgan fingerprint density at radius 1 is 1.22 bits per heavy atom. The van der Waals surface area contributed by atoms with Gasteiger partial charge in [-0.2, -0.15) is 18.3 Å². The van der Waals surface area contributed by atoms with E-state index in [4.69, 9.17) is 11.6 Å². The van der Waals surface area contributed by atoms with Gasteiger partial charge < -0.3 is 4.90 Å². The fraction of sp³-hybridized carbons (Fsp3) is 0.562. The van der Waals surface area contributed by atoms with E-state index in [1.54, 1.807) is 11.3 Å². The van der Waals surface area contributed by atoms with Crippen LogP contribution in [0, 0.1) is 13.8 Å². The van der Waals surface area contributed by atoms with Gasteiger partial charge in [-0.15, -0.1) is 11.3 Å². The molecule has 1 aliphatic rings. The molecule has 0 spiro atoms. The summed E-state index contributed by atoms with van der Waals surface area (Å²) in [5.74, 6) is 0. The summed E-state index contributed by atoms with van der Waals surface area (Å²) in [6.07, 6.45) is -3.29. The quantitative estimate of drug-likeness (QED) is 0.759. The molecule has 0 amide bonds. The van der Waals surface area contributed by atoms with Gasteiger partial charge in [0.15, 0.2) is 0 Å². The van der Waals surface area contributed by atoms with Gasteiger partial charge in [0.25, 0.3) is 5.56 Å². The fourth-order valence-corrected chi connectivity index (χ4v) is 4.27. The molecule has 1 fully saturated rings. The Balaban J connectivity index is 1.66. The maximum atomic E-state index is 12.5. The van der Waals surface area contributed by atoms with Crippen LogP contribution in [-0.4, -0.2) is 52.0 Å². The summed E-state index contributed by atoms with van der Waals surface area (Å²) >= 11 is 7.73. The van der Waals surface area contributed by atoms with Crippen LogP contribution in [-0.2, 0) is 13.1 Å². The highest BCUT2D eigenvalue weighted by Crippen LogP contribution is 2.25. The second-order valence-corrected chi connectivity index (χ2v) is 8.09. The molecular weight excluding hydrogens is 403 g/mol. The minimum absolute atomic E-state index is 0.225. The van der Waals surface area contributed by atoms with Gasteiger partial charge in [-0.05, 0) is 13.8 Å². The van der Waals surface area contributed by atoms with E-state index in [-0.39, 0.29) is 5.02 Å². The summed E-state index contributed by atoms with van der Waals surface area (Å²) in [5, 5.41) is 4.45. The Kier molecular flexibility index (Phi) is 5.78. The van der Waals surface area contributed by atoms with Crippen molar-refractivity contribution in [2.24, 2.45) is 0 Å². The molecule has 0 unspecified atom stereocenters. The summed E-state index contributed by atoms with van der Waals surface area (Å²) in [6, 6.07) is 0. The third-order valence-corrected chi connectivity index (χ3v) is 5.79. The number of aromatic nitrogens is 3. The number of aryl methyl sites for hydroxylation is 2. The Labute approximate surface area is 163 Å². The van der Waals surface area contributed by atoms with Crippen LogP contribution in [0.2, 0.25) is 5.02 Å². The van der Waals surface area contributed by atoms with Gasteiger partial charge >= 0.3 is 6.18 Å². The van der Waals surface area contributed by atoms with E-state index in [1.807, 2.05) is 18.7 Å². The number of nitrogens with zero attached hydrogens (tertiary/aromatic N) is 5. The predicted octanol–water partition coefficient (Wildman–Crippen LogP) is 2.85. The largest absolute Gasteiger partial charge is 0.408 e. The Morgan fingerprint density at radius 3 is 2.44 bits per heavy atom. The first-order valence-electron chi connectivity index (χ1n) is 8.36. The topological polar surface area (TPSA) is 54.3 Å². The standard InChI is InChI=1S/C16H19ClF3N5OS/c1-10-13(27-11(2)22-10)8-23-3-5-24(6-4-23)12-7-21-25(9-16(18,19)20)15(26)14(12)17/h7H,3-6,8-9H2,1-2H3. The number of alkyl halides is 3. The molecule has 0 aliphatic carbocycles. The summed E-state index contributed by atoms with van der Waals surface area (Å²) in [7, 11) is 0. The van der Waals surface area contributed by atoms with Crippen LogP contribution in [0.25, 0.3) is 0 Å². The zero-order chi connectivity index (χ0) is 19.8. The van der Waals surface area contributed by atoms with E-state index in [2.05, 4.69) is 15.0 Å². The van der Waals surface area contributed by atoms with Crippen LogP contribution in [0.5, 0.6) is 0 Å². The molecule has 27 heavy (non-hydrogen) atoms. The second kappa shape index (κ2) is 7.76. The van der Waals surface area contributed by atoms with E-state index >= 15 is 0 Å². The number of rotatable bonds is 4. The Hall–Kier alpha value is -1.65. The first kappa shape index (κ1) is 20.1. The summed E-state index contributed by atoms with van der Waals surface area (Å²) < 4.78 is 37.8. The molecule has 11 heteroatoms. The third kappa shape index (κ3) is 4.80. The molecule has 0 radical (unpaired) electrons. The van der Waals surface area contributed by atoms with Crippen LogP contribution < -0.4 is 10.5 Å². The molecule has 6 nitrogen and oxygen atoms in total. The van der Waals surface area contributed by atoms with Crippen molar-refractivity contribution in [2.45, 2.75) is 33.1 Å². The zero-order valence-corrected chi connectivity index (χ0v) is 16.5. The summed E-state index contributed by atoms with van der Waals surface area (Å²) in [6.45, 7) is 6.06. The number of thiazole rings is 1. The van der Waals surface area contributed by atoms with E-state index < -0.39 is 18.3 Å². The molecular formula is C16H19ClF3N5OS. The van der Waals surface area contributed by atoms with Crippen molar-refractivity contribution in [1.82, 2.24) is 19.7 Å². The molecule has 0 N–H and O–H groups in total. The van der Waals surface area contributed by atoms with Crippen LogP contribution in [0.15, 0.2) is 11.0 Å². The highest BCUT2D eigenvalue weighted by Gasteiger charge is 2.30. The average Bonchev–Trinajstić information content (AvgIpc) is 2.89. The molecule has 1 saturated heterocycles. The molecule has 0 atom stereocenters. The number of anilines is 1. The lowest BCUT2D eigenvalue weighted by Crippen LogP contribution is -2.46. The molecule has 1 aliphatic heterocycles. The summed E-state index contributed by atoms with van der Waals surface area (Å²) in [5.41, 5.74) is 0.495. The van der Waals surface area contributed by atoms with Crippen LogP contribution >= 0.6 is 22.9 Å². The van der Waals surface area contributed by atoms with Crippen molar-refractivity contribution >= 4 is 28.6 Å². The lowest BCUT2D eigenvalue weighted by atomic mass is 10.2. The van der Waals surface area contributed by atoms with Crippen molar-refractivity contribution in [3.8, 4) is 0 Å². The lowest BCUT2D eigenvalue weighted by molar-refractivity contribution is -0.143. The second-order valence-electron chi connectivity index (χ2n) is 6.43. The molecule has 3 rings (SSSR count). The normalized spacial score (nSPS) is 16.1. The molecule has 3 heterocycles. The van der Waals surface area contributed by atoms with Crippen molar-refractivity contribution in [1.29, 1.82) is 0 Å². The van der Waals surface area contributed by atoms with Gasteiger partial charge in [0.1, 0.15) is 11.6 Å². The van der Waals surface area contributed by atoms with Gasteiger partial charge in [0, 0.05) is 37.6 Å². The Morgan fingerprint density at radius 2 is 1.89 bits per heavy atom. The molecule has 148 valence electrons. The van der Waals surface area contributed by atoms with Crippen LogP contribution in [0.1, 0.15) is 15.6 Å². The van der Waals surface area contributed by atoms with E-state index in [1.165, 1.54) is 11.1 Å². The highest BCUT2D eigenvalue weighted by molar-refractivity contribution is 7.11. The number of piperazine rings is 1. The summed E-state index contributed by atoms with van der Waals surface area (Å²) in [4.78, 5) is 21.9. The monoisotopic (exact) mass is 421 g/mol. The fourth-order valence-electron chi connectivity index (χ4n) is 3.03. The van der Waals surface area contributed by atoms with Gasteiger partial charge in [0.2, 0.25) is 0 Å². The lowest BCUT2D eigenvalue weighted by Gasteiger charge is -2.36. The third-order valence-electron chi connectivity index (χ3n) is 4.38. The molecule has 0 saturated carbocycles. The maximum absolute atomic E-state index is 12.5. The number of hydrogen-bond donors (Lipinski definition) is 0. The minimum Gasteiger partial charge on any atom is -0.366 e.